The first-order valence-electron chi connectivity index (χ1n) is 6.23. The van der Waals surface area contributed by atoms with Crippen LogP contribution in [0.5, 0.6) is 0 Å². The van der Waals surface area contributed by atoms with Gasteiger partial charge < -0.3 is 21.9 Å². The van der Waals surface area contributed by atoms with Gasteiger partial charge in [0.05, 0.1) is 16.9 Å². The van der Waals surface area contributed by atoms with Crippen LogP contribution in [0.2, 0.25) is 0 Å². The van der Waals surface area contributed by atoms with Crippen molar-refractivity contribution in [2.45, 2.75) is 6.54 Å². The van der Waals surface area contributed by atoms with Crippen LogP contribution in [0.3, 0.4) is 0 Å². The molecule has 6 heteroatoms. The normalized spacial score (nSPS) is 10.1. The van der Waals surface area contributed by atoms with E-state index >= 15 is 0 Å². The van der Waals surface area contributed by atoms with Gasteiger partial charge in [0.2, 0.25) is 0 Å². The van der Waals surface area contributed by atoms with E-state index in [2.05, 4.69) is 5.32 Å². The molecule has 0 unspecified atom stereocenters. The Kier molecular flexibility index (Phi) is 4.08. The molecule has 2 aromatic carbocycles. The number of aromatic carboxylic acids is 1. The molecule has 0 aliphatic heterocycles. The number of nitrogens with two attached hydrogens (primary N) is 2. The van der Waals surface area contributed by atoms with Crippen molar-refractivity contribution in [3.63, 3.8) is 0 Å². The molecule has 0 heterocycles. The van der Waals surface area contributed by atoms with E-state index in [1.165, 1.54) is 18.2 Å². The summed E-state index contributed by atoms with van der Waals surface area (Å²) in [6, 6.07) is 11.0. The summed E-state index contributed by atoms with van der Waals surface area (Å²) in [5.41, 5.74) is 13.4. The highest BCUT2D eigenvalue weighted by atomic mass is 16.4. The predicted octanol–water partition coefficient (Wildman–Crippen LogP) is 1.48. The van der Waals surface area contributed by atoms with Gasteiger partial charge in [-0.3, -0.25) is 4.79 Å². The monoisotopic (exact) mass is 285 g/mol. The zero-order valence-corrected chi connectivity index (χ0v) is 11.2. The molecule has 2 rings (SSSR count). The maximum absolute atomic E-state index is 12.0. The summed E-state index contributed by atoms with van der Waals surface area (Å²) in [7, 11) is 0. The van der Waals surface area contributed by atoms with Crippen molar-refractivity contribution in [2.75, 3.05) is 11.5 Å². The first-order chi connectivity index (χ1) is 9.97. The number of nitrogen functional groups attached to an aromatic ring is 2. The average Bonchev–Trinajstić information content (AvgIpc) is 2.48. The molecule has 1 amide bonds. The lowest BCUT2D eigenvalue weighted by Crippen LogP contribution is -2.23. The summed E-state index contributed by atoms with van der Waals surface area (Å²) in [6.45, 7) is 0.295. The Bertz CT molecular complexity index is 681. The zero-order valence-electron chi connectivity index (χ0n) is 11.2. The Labute approximate surface area is 121 Å². The number of carboxylic acid groups (broad SMARTS) is 1. The maximum Gasteiger partial charge on any atom is 0.335 e. The zero-order chi connectivity index (χ0) is 15.4. The number of carbonyl (C=O) groups is 2. The Hall–Kier alpha value is -3.02. The topological polar surface area (TPSA) is 118 Å². The number of hydrogen-bond donors (Lipinski definition) is 4. The Morgan fingerprint density at radius 2 is 1.57 bits per heavy atom. The summed E-state index contributed by atoms with van der Waals surface area (Å²) >= 11 is 0. The minimum absolute atomic E-state index is 0.205. The second-order valence-corrected chi connectivity index (χ2v) is 4.53. The fraction of sp³-hybridized carbons (Fsp3) is 0.0667. The second kappa shape index (κ2) is 5.96. The van der Waals surface area contributed by atoms with E-state index in [-0.39, 0.29) is 11.5 Å². The highest BCUT2D eigenvalue weighted by Crippen LogP contribution is 2.16. The van der Waals surface area contributed by atoms with Crippen LogP contribution in [0.4, 0.5) is 11.4 Å². The lowest BCUT2D eigenvalue weighted by atomic mass is 10.1. The number of benzene rings is 2. The number of rotatable bonds is 4. The number of hydrogen-bond acceptors (Lipinski definition) is 4. The van der Waals surface area contributed by atoms with E-state index in [0.29, 0.717) is 23.5 Å². The third kappa shape index (κ3) is 3.50. The van der Waals surface area contributed by atoms with E-state index < -0.39 is 5.97 Å². The standard InChI is InChI=1S/C15H15N3O3/c16-12-6-5-11(7-13(12)17)14(19)18-8-9-1-3-10(4-2-9)15(20)21/h1-7H,8,16-17H2,(H,18,19)(H,20,21). The Morgan fingerprint density at radius 1 is 0.952 bits per heavy atom. The van der Waals surface area contributed by atoms with E-state index in [1.807, 2.05) is 0 Å². The van der Waals surface area contributed by atoms with Crippen LogP contribution in [0.1, 0.15) is 26.3 Å². The van der Waals surface area contributed by atoms with E-state index in [4.69, 9.17) is 16.6 Å². The molecule has 0 aromatic heterocycles. The van der Waals surface area contributed by atoms with E-state index in [0.717, 1.165) is 5.56 Å². The van der Waals surface area contributed by atoms with Crippen LogP contribution in [-0.4, -0.2) is 17.0 Å². The number of anilines is 2. The number of carbonyl (C=O) groups excluding carboxylic acids is 1. The molecule has 6 N–H and O–H groups in total. The fourth-order valence-electron chi connectivity index (χ4n) is 1.77. The summed E-state index contributed by atoms with van der Waals surface area (Å²) in [5, 5.41) is 11.5. The van der Waals surface area contributed by atoms with Gasteiger partial charge in [-0.25, -0.2) is 4.79 Å². The molecule has 0 saturated carbocycles. The van der Waals surface area contributed by atoms with E-state index in [9.17, 15) is 9.59 Å². The highest BCUT2D eigenvalue weighted by Gasteiger charge is 2.07. The van der Waals surface area contributed by atoms with E-state index in [1.54, 1.807) is 24.3 Å². The number of amides is 1. The highest BCUT2D eigenvalue weighted by molar-refractivity contribution is 5.96. The summed E-state index contributed by atoms with van der Waals surface area (Å²) in [6.07, 6.45) is 0. The van der Waals surface area contributed by atoms with Crippen molar-refractivity contribution < 1.29 is 14.7 Å². The van der Waals surface area contributed by atoms with Gasteiger partial charge in [0.25, 0.3) is 5.91 Å². The lowest BCUT2D eigenvalue weighted by molar-refractivity contribution is 0.0696. The van der Waals surface area contributed by atoms with Crippen molar-refractivity contribution in [3.05, 3.63) is 59.2 Å². The number of carboxylic acids is 1. The molecular weight excluding hydrogens is 270 g/mol. The van der Waals surface area contributed by atoms with Crippen molar-refractivity contribution >= 4 is 23.3 Å². The molecule has 0 bridgehead atoms. The molecule has 0 atom stereocenters. The SMILES string of the molecule is Nc1ccc(C(=O)NCc2ccc(C(=O)O)cc2)cc1N. The van der Waals surface area contributed by atoms with Crippen LogP contribution < -0.4 is 16.8 Å². The molecular formula is C15H15N3O3. The molecule has 21 heavy (non-hydrogen) atoms. The molecule has 0 radical (unpaired) electrons. The molecule has 0 fully saturated rings. The minimum Gasteiger partial charge on any atom is -0.478 e. The Morgan fingerprint density at radius 3 is 2.14 bits per heavy atom. The van der Waals surface area contributed by atoms with Gasteiger partial charge >= 0.3 is 5.97 Å². The molecule has 108 valence electrons. The summed E-state index contributed by atoms with van der Waals surface area (Å²) < 4.78 is 0. The second-order valence-electron chi connectivity index (χ2n) is 4.53. The average molecular weight is 285 g/mol. The fourth-order valence-corrected chi connectivity index (χ4v) is 1.77. The first kappa shape index (κ1) is 14.4. The predicted molar refractivity (Wildman–Crippen MR) is 79.8 cm³/mol. The van der Waals surface area contributed by atoms with Gasteiger partial charge in [-0.2, -0.15) is 0 Å². The van der Waals surface area contributed by atoms with Gasteiger partial charge in [-0.15, -0.1) is 0 Å². The van der Waals surface area contributed by atoms with Crippen LogP contribution >= 0.6 is 0 Å². The Balaban J connectivity index is 2.00. The van der Waals surface area contributed by atoms with Gasteiger partial charge in [-0.05, 0) is 35.9 Å². The van der Waals surface area contributed by atoms with Crippen molar-refractivity contribution in [1.82, 2.24) is 5.32 Å². The van der Waals surface area contributed by atoms with Crippen molar-refractivity contribution in [2.24, 2.45) is 0 Å². The van der Waals surface area contributed by atoms with Gasteiger partial charge in [0.15, 0.2) is 0 Å². The molecule has 0 aliphatic rings. The third-order valence-corrected chi connectivity index (χ3v) is 3.00. The van der Waals surface area contributed by atoms with Crippen molar-refractivity contribution in [3.8, 4) is 0 Å². The summed E-state index contributed by atoms with van der Waals surface area (Å²) in [4.78, 5) is 22.7. The number of nitrogens with one attached hydrogen (secondary N) is 1. The van der Waals surface area contributed by atoms with Gasteiger partial charge in [0, 0.05) is 12.1 Å². The third-order valence-electron chi connectivity index (χ3n) is 3.00. The quantitative estimate of drug-likeness (QED) is 0.634. The van der Waals surface area contributed by atoms with Crippen LogP contribution in [0.15, 0.2) is 42.5 Å². The van der Waals surface area contributed by atoms with Crippen LogP contribution in [0, 0.1) is 0 Å². The maximum atomic E-state index is 12.0. The molecule has 0 aliphatic carbocycles. The molecule has 0 saturated heterocycles. The minimum atomic E-state index is -0.983. The largest absolute Gasteiger partial charge is 0.478 e. The van der Waals surface area contributed by atoms with Crippen LogP contribution in [-0.2, 0) is 6.54 Å². The van der Waals surface area contributed by atoms with Crippen molar-refractivity contribution in [1.29, 1.82) is 0 Å². The molecule has 2 aromatic rings. The van der Waals surface area contributed by atoms with Crippen LogP contribution in [0.25, 0.3) is 0 Å². The lowest BCUT2D eigenvalue weighted by Gasteiger charge is -2.07. The first-order valence-corrected chi connectivity index (χ1v) is 6.23. The smallest absolute Gasteiger partial charge is 0.335 e. The summed E-state index contributed by atoms with van der Waals surface area (Å²) in [5.74, 6) is -1.26. The van der Waals surface area contributed by atoms with Gasteiger partial charge in [-0.1, -0.05) is 12.1 Å². The molecule has 0 spiro atoms. The van der Waals surface area contributed by atoms with Gasteiger partial charge in [0.1, 0.15) is 0 Å². The molecule has 6 nitrogen and oxygen atoms in total.